The Labute approximate surface area is 153 Å². The van der Waals surface area contributed by atoms with E-state index in [0.29, 0.717) is 18.7 Å². The number of amides is 2. The van der Waals surface area contributed by atoms with Gasteiger partial charge in [-0.2, -0.15) is 0 Å². The molecule has 0 spiro atoms. The minimum atomic E-state index is -0.207. The molecule has 1 aromatic heterocycles. The molecule has 1 aromatic carbocycles. The topological polar surface area (TPSA) is 65.8 Å². The number of hydrogen-bond donors (Lipinski definition) is 1. The number of nitrogens with one attached hydrogen (secondary N) is 1. The number of rotatable bonds is 5. The third-order valence-electron chi connectivity index (χ3n) is 4.57. The van der Waals surface area contributed by atoms with Crippen molar-refractivity contribution in [1.82, 2.24) is 15.1 Å². The van der Waals surface area contributed by atoms with Crippen molar-refractivity contribution < 1.29 is 14.0 Å². The van der Waals surface area contributed by atoms with Crippen LogP contribution in [0, 0.1) is 13.8 Å². The predicted molar refractivity (Wildman–Crippen MR) is 98.8 cm³/mol. The van der Waals surface area contributed by atoms with Crippen LogP contribution in [-0.2, 0) is 11.3 Å². The molecule has 0 bridgehead atoms. The first-order valence-electron chi connectivity index (χ1n) is 8.90. The second-order valence-electron chi connectivity index (χ2n) is 6.80. The van der Waals surface area contributed by atoms with Crippen molar-refractivity contribution >= 4 is 11.8 Å². The maximum Gasteiger partial charge on any atom is 0.251 e. The molecule has 1 aliphatic rings. The normalized spacial score (nSPS) is 15.1. The van der Waals surface area contributed by atoms with Gasteiger partial charge in [0.25, 0.3) is 5.91 Å². The van der Waals surface area contributed by atoms with E-state index in [0.717, 1.165) is 36.5 Å². The van der Waals surface area contributed by atoms with Gasteiger partial charge in [0.1, 0.15) is 5.76 Å². The summed E-state index contributed by atoms with van der Waals surface area (Å²) >= 11 is 0. The quantitative estimate of drug-likeness (QED) is 0.891. The molecule has 6 nitrogen and oxygen atoms in total. The zero-order valence-corrected chi connectivity index (χ0v) is 15.3. The molecule has 26 heavy (non-hydrogen) atoms. The molecule has 2 aromatic rings. The van der Waals surface area contributed by atoms with E-state index in [4.69, 9.17) is 4.42 Å². The highest BCUT2D eigenvalue weighted by Crippen LogP contribution is 2.10. The molecule has 6 heteroatoms. The second-order valence-corrected chi connectivity index (χ2v) is 6.80. The largest absolute Gasteiger partial charge is 0.468 e. The van der Waals surface area contributed by atoms with Gasteiger partial charge in [0.15, 0.2) is 0 Å². The third kappa shape index (κ3) is 4.73. The standard InChI is InChI=1S/C20H25N3O3/c1-15-10-16(2)12-17(11-15)20(25)21-13-19(24)23-7-5-22(6-8-23)14-18-4-3-9-26-18/h3-4,9-12H,5-8,13-14H2,1-2H3,(H,21,25). The van der Waals surface area contributed by atoms with Gasteiger partial charge in [-0.1, -0.05) is 17.2 Å². The molecule has 0 aliphatic carbocycles. The lowest BCUT2D eigenvalue weighted by molar-refractivity contribution is -0.131. The first-order valence-corrected chi connectivity index (χ1v) is 8.90. The van der Waals surface area contributed by atoms with Crippen molar-refractivity contribution in [2.24, 2.45) is 0 Å². The van der Waals surface area contributed by atoms with Crippen molar-refractivity contribution in [2.75, 3.05) is 32.7 Å². The number of carbonyl (C=O) groups excluding carboxylic acids is 2. The summed E-state index contributed by atoms with van der Waals surface area (Å²) < 4.78 is 5.36. The summed E-state index contributed by atoms with van der Waals surface area (Å²) in [6.45, 7) is 7.64. The van der Waals surface area contributed by atoms with Crippen molar-refractivity contribution in [1.29, 1.82) is 0 Å². The summed E-state index contributed by atoms with van der Waals surface area (Å²) in [5, 5.41) is 2.74. The number of benzene rings is 1. The van der Waals surface area contributed by atoms with E-state index in [1.54, 1.807) is 11.2 Å². The highest BCUT2D eigenvalue weighted by molar-refractivity contribution is 5.96. The van der Waals surface area contributed by atoms with Crippen LogP contribution in [0.4, 0.5) is 0 Å². The van der Waals surface area contributed by atoms with Gasteiger partial charge in [0.2, 0.25) is 5.91 Å². The van der Waals surface area contributed by atoms with Crippen LogP contribution in [0.2, 0.25) is 0 Å². The molecule has 1 aliphatic heterocycles. The number of carbonyl (C=O) groups is 2. The summed E-state index contributed by atoms with van der Waals surface area (Å²) in [6, 6.07) is 9.53. The summed E-state index contributed by atoms with van der Waals surface area (Å²) in [4.78, 5) is 28.7. The van der Waals surface area contributed by atoms with Crippen LogP contribution in [0.15, 0.2) is 41.0 Å². The zero-order valence-electron chi connectivity index (χ0n) is 15.3. The zero-order chi connectivity index (χ0) is 18.5. The summed E-state index contributed by atoms with van der Waals surface area (Å²) in [5.41, 5.74) is 2.67. The SMILES string of the molecule is Cc1cc(C)cc(C(=O)NCC(=O)N2CCN(Cc3ccco3)CC2)c1. The molecule has 1 N–H and O–H groups in total. The highest BCUT2D eigenvalue weighted by Gasteiger charge is 2.22. The number of hydrogen-bond acceptors (Lipinski definition) is 4. The minimum absolute atomic E-state index is 0.0318. The van der Waals surface area contributed by atoms with Crippen LogP contribution in [0.25, 0.3) is 0 Å². The first kappa shape index (κ1) is 18.2. The molecule has 1 saturated heterocycles. The van der Waals surface area contributed by atoms with Gasteiger partial charge in [-0.25, -0.2) is 0 Å². The molecule has 138 valence electrons. The Morgan fingerprint density at radius 3 is 2.38 bits per heavy atom. The first-order chi connectivity index (χ1) is 12.5. The van der Waals surface area contributed by atoms with E-state index in [1.807, 2.05) is 44.2 Å². The van der Waals surface area contributed by atoms with Gasteiger partial charge in [-0.05, 0) is 38.1 Å². The Bertz CT molecular complexity index is 742. The molecule has 2 amide bonds. The lowest BCUT2D eigenvalue weighted by atomic mass is 10.1. The van der Waals surface area contributed by atoms with E-state index in [9.17, 15) is 9.59 Å². The lowest BCUT2D eigenvalue weighted by Crippen LogP contribution is -2.50. The average Bonchev–Trinajstić information content (AvgIpc) is 3.12. The number of furan rings is 1. The van der Waals surface area contributed by atoms with Crippen LogP contribution in [0.1, 0.15) is 27.2 Å². The Balaban J connectivity index is 1.44. The van der Waals surface area contributed by atoms with Crippen LogP contribution >= 0.6 is 0 Å². The number of piperazine rings is 1. The molecule has 0 atom stereocenters. The van der Waals surface area contributed by atoms with Gasteiger partial charge in [0, 0.05) is 31.7 Å². The Morgan fingerprint density at radius 2 is 1.77 bits per heavy atom. The van der Waals surface area contributed by atoms with Crippen molar-refractivity contribution in [3.05, 3.63) is 59.0 Å². The molecule has 1 fully saturated rings. The van der Waals surface area contributed by atoms with E-state index < -0.39 is 0 Å². The van der Waals surface area contributed by atoms with Gasteiger partial charge in [-0.3, -0.25) is 14.5 Å². The molecule has 0 radical (unpaired) electrons. The lowest BCUT2D eigenvalue weighted by Gasteiger charge is -2.34. The van der Waals surface area contributed by atoms with Crippen molar-refractivity contribution in [3.63, 3.8) is 0 Å². The van der Waals surface area contributed by atoms with Gasteiger partial charge < -0.3 is 14.6 Å². The fraction of sp³-hybridized carbons (Fsp3) is 0.400. The molecular weight excluding hydrogens is 330 g/mol. The monoisotopic (exact) mass is 355 g/mol. The summed E-state index contributed by atoms with van der Waals surface area (Å²) in [7, 11) is 0. The fourth-order valence-electron chi connectivity index (χ4n) is 3.25. The predicted octanol–water partition coefficient (Wildman–Crippen LogP) is 1.97. The Hall–Kier alpha value is -2.60. The maximum atomic E-state index is 12.4. The molecule has 0 unspecified atom stereocenters. The van der Waals surface area contributed by atoms with E-state index in [-0.39, 0.29) is 18.4 Å². The summed E-state index contributed by atoms with van der Waals surface area (Å²) in [5.74, 6) is 0.687. The van der Waals surface area contributed by atoms with Crippen LogP contribution in [-0.4, -0.2) is 54.3 Å². The second kappa shape index (κ2) is 8.19. The molecule has 3 rings (SSSR count). The summed E-state index contributed by atoms with van der Waals surface area (Å²) in [6.07, 6.45) is 1.67. The van der Waals surface area contributed by atoms with Crippen LogP contribution < -0.4 is 5.32 Å². The van der Waals surface area contributed by atoms with E-state index in [1.165, 1.54) is 0 Å². The Kier molecular flexibility index (Phi) is 5.73. The smallest absolute Gasteiger partial charge is 0.251 e. The van der Waals surface area contributed by atoms with E-state index >= 15 is 0 Å². The molecule has 2 heterocycles. The van der Waals surface area contributed by atoms with Gasteiger partial charge in [0.05, 0.1) is 19.4 Å². The fourth-order valence-corrected chi connectivity index (χ4v) is 3.25. The highest BCUT2D eigenvalue weighted by atomic mass is 16.3. The minimum Gasteiger partial charge on any atom is -0.468 e. The molecular formula is C20H25N3O3. The van der Waals surface area contributed by atoms with Crippen molar-refractivity contribution in [3.8, 4) is 0 Å². The van der Waals surface area contributed by atoms with E-state index in [2.05, 4.69) is 10.2 Å². The van der Waals surface area contributed by atoms with Crippen LogP contribution in [0.5, 0.6) is 0 Å². The average molecular weight is 355 g/mol. The Morgan fingerprint density at radius 1 is 1.08 bits per heavy atom. The van der Waals surface area contributed by atoms with Gasteiger partial charge >= 0.3 is 0 Å². The maximum absolute atomic E-state index is 12.4. The van der Waals surface area contributed by atoms with Gasteiger partial charge in [-0.15, -0.1) is 0 Å². The van der Waals surface area contributed by atoms with Crippen LogP contribution in [0.3, 0.4) is 0 Å². The third-order valence-corrected chi connectivity index (χ3v) is 4.57. The van der Waals surface area contributed by atoms with Crippen molar-refractivity contribution in [2.45, 2.75) is 20.4 Å². The number of nitrogens with zero attached hydrogens (tertiary/aromatic N) is 2. The number of aryl methyl sites for hydroxylation is 2. The molecule has 0 saturated carbocycles.